The topological polar surface area (TPSA) is 49.2 Å². The highest BCUT2D eigenvalue weighted by Crippen LogP contribution is 2.41. The van der Waals surface area contributed by atoms with Crippen molar-refractivity contribution >= 4 is 17.2 Å². The summed E-state index contributed by atoms with van der Waals surface area (Å²) in [6.07, 6.45) is 2.74. The van der Waals surface area contributed by atoms with Crippen LogP contribution >= 0.6 is 0 Å². The number of aromatic hydroxyl groups is 1. The maximum absolute atomic E-state index is 10.6. The van der Waals surface area contributed by atoms with Crippen molar-refractivity contribution in [3.05, 3.63) is 145 Å². The summed E-state index contributed by atoms with van der Waals surface area (Å²) in [4.78, 5) is 12.0. The van der Waals surface area contributed by atoms with E-state index in [4.69, 9.17) is 9.97 Å². The van der Waals surface area contributed by atoms with E-state index in [1.807, 2.05) is 48.7 Å². The molecule has 4 aromatic carbocycles. The summed E-state index contributed by atoms with van der Waals surface area (Å²) in [5.41, 5.74) is 8.82. The molecule has 4 heteroatoms. The highest BCUT2D eigenvalue weighted by molar-refractivity contribution is 5.88. The Morgan fingerprint density at radius 1 is 0.643 bits per heavy atom. The minimum absolute atomic E-state index is 0.227. The highest BCUT2D eigenvalue weighted by Gasteiger charge is 2.19. The average Bonchev–Trinajstić information content (AvgIpc) is 3.02. The molecule has 0 aliphatic rings. The van der Waals surface area contributed by atoms with Crippen LogP contribution in [0.5, 0.6) is 5.75 Å². The molecule has 0 aliphatic heterocycles. The molecule has 2 heterocycles. The first-order chi connectivity index (χ1) is 20.6. The van der Waals surface area contributed by atoms with Gasteiger partial charge in [0.25, 0.3) is 0 Å². The minimum atomic E-state index is 0.227. The summed E-state index contributed by atoms with van der Waals surface area (Å²) < 4.78 is 0. The standard InChI is InChI=1S/C38H33N3O/c1-27(2)23-28-24-34(40-35(25-28)33-18-7-9-20-37(33)42)30-15-12-16-31(26-30)41(38-21-10-11-22-39-38)36-19-8-6-17-32(36)29-13-4-3-5-14-29/h3-22,24-27,42H,23H2,1-2H3. The maximum atomic E-state index is 10.6. The molecule has 4 nitrogen and oxygen atoms in total. The second-order valence-corrected chi connectivity index (χ2v) is 10.8. The lowest BCUT2D eigenvalue weighted by atomic mass is 9.98. The van der Waals surface area contributed by atoms with Gasteiger partial charge in [-0.25, -0.2) is 9.97 Å². The predicted molar refractivity (Wildman–Crippen MR) is 173 cm³/mol. The lowest BCUT2D eigenvalue weighted by Crippen LogP contribution is -2.12. The average molecular weight is 548 g/mol. The van der Waals surface area contributed by atoms with E-state index >= 15 is 0 Å². The largest absolute Gasteiger partial charge is 0.507 e. The molecule has 0 spiro atoms. The maximum Gasteiger partial charge on any atom is 0.137 e. The zero-order valence-corrected chi connectivity index (χ0v) is 23.9. The van der Waals surface area contributed by atoms with Crippen LogP contribution in [0.15, 0.2) is 140 Å². The molecule has 6 rings (SSSR count). The van der Waals surface area contributed by atoms with Crippen molar-refractivity contribution in [3.63, 3.8) is 0 Å². The second-order valence-electron chi connectivity index (χ2n) is 10.8. The monoisotopic (exact) mass is 547 g/mol. The first-order valence-electron chi connectivity index (χ1n) is 14.3. The van der Waals surface area contributed by atoms with Gasteiger partial charge in [0.2, 0.25) is 0 Å². The van der Waals surface area contributed by atoms with Crippen LogP contribution in [0.4, 0.5) is 17.2 Å². The van der Waals surface area contributed by atoms with Gasteiger partial charge in [-0.2, -0.15) is 0 Å². The van der Waals surface area contributed by atoms with Crippen LogP contribution in [-0.4, -0.2) is 15.1 Å². The first-order valence-corrected chi connectivity index (χ1v) is 14.3. The van der Waals surface area contributed by atoms with Gasteiger partial charge >= 0.3 is 0 Å². The number of phenolic OH excluding ortho intramolecular Hbond substituents is 1. The Balaban J connectivity index is 1.51. The molecule has 2 aromatic heterocycles. The third-order valence-corrected chi connectivity index (χ3v) is 7.22. The number of phenols is 1. The number of hydrogen-bond donors (Lipinski definition) is 1. The molecule has 0 radical (unpaired) electrons. The lowest BCUT2D eigenvalue weighted by molar-refractivity contribution is 0.477. The van der Waals surface area contributed by atoms with E-state index < -0.39 is 0 Å². The molecule has 0 amide bonds. The fourth-order valence-electron chi connectivity index (χ4n) is 5.37. The van der Waals surface area contributed by atoms with Crippen molar-refractivity contribution in [2.45, 2.75) is 20.3 Å². The van der Waals surface area contributed by atoms with E-state index in [9.17, 15) is 5.11 Å². The summed E-state index contributed by atoms with van der Waals surface area (Å²) in [5.74, 6) is 1.54. The lowest BCUT2D eigenvalue weighted by Gasteiger charge is -2.27. The number of benzene rings is 4. The van der Waals surface area contributed by atoms with Crippen molar-refractivity contribution in [1.82, 2.24) is 9.97 Å². The minimum Gasteiger partial charge on any atom is -0.507 e. The summed E-state index contributed by atoms with van der Waals surface area (Å²) in [6, 6.07) is 45.0. The number of pyridine rings is 2. The molecular weight excluding hydrogens is 514 g/mol. The Kier molecular flexibility index (Phi) is 7.78. The highest BCUT2D eigenvalue weighted by atomic mass is 16.3. The van der Waals surface area contributed by atoms with Crippen LogP contribution in [0.2, 0.25) is 0 Å². The van der Waals surface area contributed by atoms with Crippen LogP contribution in [-0.2, 0) is 6.42 Å². The van der Waals surface area contributed by atoms with E-state index in [0.717, 1.165) is 57.3 Å². The van der Waals surface area contributed by atoms with Crippen LogP contribution in [0, 0.1) is 5.92 Å². The first kappa shape index (κ1) is 27.0. The summed E-state index contributed by atoms with van der Waals surface area (Å²) in [5, 5.41) is 10.6. The Morgan fingerprint density at radius 3 is 2.10 bits per heavy atom. The van der Waals surface area contributed by atoms with Crippen LogP contribution < -0.4 is 4.90 Å². The van der Waals surface area contributed by atoms with E-state index in [1.54, 1.807) is 6.07 Å². The summed E-state index contributed by atoms with van der Waals surface area (Å²) in [6.45, 7) is 4.44. The molecule has 0 saturated carbocycles. The molecule has 6 aromatic rings. The number of para-hydroxylation sites is 2. The smallest absolute Gasteiger partial charge is 0.137 e. The van der Waals surface area contributed by atoms with Crippen LogP contribution in [0.25, 0.3) is 33.6 Å². The van der Waals surface area contributed by atoms with Crippen molar-refractivity contribution in [2.75, 3.05) is 4.90 Å². The van der Waals surface area contributed by atoms with Crippen LogP contribution in [0.1, 0.15) is 19.4 Å². The molecule has 0 fully saturated rings. The predicted octanol–water partition coefficient (Wildman–Crippen LogP) is 9.85. The van der Waals surface area contributed by atoms with Gasteiger partial charge < -0.3 is 5.11 Å². The number of aromatic nitrogens is 2. The molecule has 0 atom stereocenters. The molecule has 0 bridgehead atoms. The Labute approximate surface area is 247 Å². The normalized spacial score (nSPS) is 11.0. The van der Waals surface area contributed by atoms with Gasteiger partial charge in [-0.3, -0.25) is 4.90 Å². The molecule has 42 heavy (non-hydrogen) atoms. The molecule has 1 N–H and O–H groups in total. The zero-order chi connectivity index (χ0) is 28.9. The zero-order valence-electron chi connectivity index (χ0n) is 23.9. The molecule has 0 saturated heterocycles. The van der Waals surface area contributed by atoms with Crippen molar-refractivity contribution < 1.29 is 5.11 Å². The van der Waals surface area contributed by atoms with Gasteiger partial charge in [0.15, 0.2) is 0 Å². The Hall–Kier alpha value is -5.22. The van der Waals surface area contributed by atoms with Gasteiger partial charge in [0.05, 0.1) is 17.1 Å². The van der Waals surface area contributed by atoms with E-state index in [-0.39, 0.29) is 5.75 Å². The molecular formula is C38H33N3O. The van der Waals surface area contributed by atoms with Crippen molar-refractivity contribution in [1.29, 1.82) is 0 Å². The van der Waals surface area contributed by atoms with Crippen molar-refractivity contribution in [3.8, 4) is 39.4 Å². The summed E-state index contributed by atoms with van der Waals surface area (Å²) >= 11 is 0. The Morgan fingerprint density at radius 2 is 1.33 bits per heavy atom. The van der Waals surface area contributed by atoms with Gasteiger partial charge in [0.1, 0.15) is 11.6 Å². The number of hydrogen-bond acceptors (Lipinski definition) is 4. The van der Waals surface area contributed by atoms with Crippen molar-refractivity contribution in [2.24, 2.45) is 5.92 Å². The molecule has 0 unspecified atom stereocenters. The fourth-order valence-corrected chi connectivity index (χ4v) is 5.37. The number of anilines is 3. The Bertz CT molecular complexity index is 1800. The van der Waals surface area contributed by atoms with E-state index in [1.165, 1.54) is 5.56 Å². The number of nitrogens with zero attached hydrogens (tertiary/aromatic N) is 3. The van der Waals surface area contributed by atoms with Gasteiger partial charge in [0, 0.05) is 28.6 Å². The molecule has 0 aliphatic carbocycles. The van der Waals surface area contributed by atoms with Gasteiger partial charge in [-0.05, 0) is 78.1 Å². The SMILES string of the molecule is CC(C)Cc1cc(-c2cccc(N(c3ccccn3)c3ccccc3-c3ccccc3)c2)nc(-c2ccccc2O)c1. The quantitative estimate of drug-likeness (QED) is 0.206. The van der Waals surface area contributed by atoms with Crippen LogP contribution in [0.3, 0.4) is 0 Å². The third kappa shape index (κ3) is 5.79. The molecule has 206 valence electrons. The second kappa shape index (κ2) is 12.1. The van der Waals surface area contributed by atoms with E-state index in [2.05, 4.69) is 104 Å². The summed E-state index contributed by atoms with van der Waals surface area (Å²) in [7, 11) is 0. The number of rotatable bonds is 8. The van der Waals surface area contributed by atoms with E-state index in [0.29, 0.717) is 5.92 Å². The fraction of sp³-hybridized carbons (Fsp3) is 0.105. The van der Waals surface area contributed by atoms with Gasteiger partial charge in [-0.1, -0.05) is 92.7 Å². The third-order valence-electron chi connectivity index (χ3n) is 7.22. The van der Waals surface area contributed by atoms with Gasteiger partial charge in [-0.15, -0.1) is 0 Å².